The summed E-state index contributed by atoms with van der Waals surface area (Å²) in [6.07, 6.45) is 5.26. The molecule has 0 aliphatic heterocycles. The minimum atomic E-state index is 0.564. The number of unbranched alkanes of at least 4 members (excludes halogenated alkanes) is 2. The summed E-state index contributed by atoms with van der Waals surface area (Å²) in [5.41, 5.74) is 1.46. The van der Waals surface area contributed by atoms with Crippen molar-refractivity contribution in [2.24, 2.45) is 0 Å². The van der Waals surface area contributed by atoms with Crippen LogP contribution in [0.25, 0.3) is 0 Å². The Morgan fingerprint density at radius 2 is 1.78 bits per heavy atom. The Hall–Kier alpha value is -0.340. The van der Waals surface area contributed by atoms with Crippen molar-refractivity contribution in [2.75, 3.05) is 6.54 Å². The summed E-state index contributed by atoms with van der Waals surface area (Å²) < 4.78 is 1.16. The average Bonchev–Trinajstić information content (AvgIpc) is 2.34. The Morgan fingerprint density at radius 1 is 1.11 bits per heavy atom. The molecule has 102 valence electrons. The van der Waals surface area contributed by atoms with Gasteiger partial charge in [0, 0.05) is 17.1 Å². The van der Waals surface area contributed by atoms with Gasteiger partial charge in [0.15, 0.2) is 0 Å². The second kappa shape index (κ2) is 8.71. The SMILES string of the molecule is CCCCCC(CNC(C)C)c1ccc(Br)cc1. The number of benzene rings is 1. The molecule has 1 nitrogen and oxygen atoms in total. The maximum absolute atomic E-state index is 3.57. The Bertz CT molecular complexity index is 318. The summed E-state index contributed by atoms with van der Waals surface area (Å²) in [5, 5.41) is 3.57. The third-order valence-electron chi connectivity index (χ3n) is 3.27. The van der Waals surface area contributed by atoms with E-state index in [0.717, 1.165) is 11.0 Å². The highest BCUT2D eigenvalue weighted by molar-refractivity contribution is 9.10. The van der Waals surface area contributed by atoms with Gasteiger partial charge in [-0.05, 0) is 30.0 Å². The highest BCUT2D eigenvalue weighted by Gasteiger charge is 2.11. The fraction of sp³-hybridized carbons (Fsp3) is 0.625. The molecule has 0 aliphatic rings. The van der Waals surface area contributed by atoms with Crippen molar-refractivity contribution in [3.63, 3.8) is 0 Å². The van der Waals surface area contributed by atoms with Crippen LogP contribution >= 0.6 is 15.9 Å². The largest absolute Gasteiger partial charge is 0.314 e. The zero-order chi connectivity index (χ0) is 13.4. The van der Waals surface area contributed by atoms with Crippen molar-refractivity contribution >= 4 is 15.9 Å². The van der Waals surface area contributed by atoms with Gasteiger partial charge in [0.25, 0.3) is 0 Å². The molecule has 1 N–H and O–H groups in total. The van der Waals surface area contributed by atoms with Crippen LogP contribution in [0.15, 0.2) is 28.7 Å². The lowest BCUT2D eigenvalue weighted by atomic mass is 9.93. The van der Waals surface area contributed by atoms with Crippen molar-refractivity contribution in [1.82, 2.24) is 5.32 Å². The Morgan fingerprint density at radius 3 is 2.33 bits per heavy atom. The summed E-state index contributed by atoms with van der Waals surface area (Å²) in [6, 6.07) is 9.37. The molecule has 0 aromatic heterocycles. The average molecular weight is 312 g/mol. The highest BCUT2D eigenvalue weighted by Crippen LogP contribution is 2.23. The van der Waals surface area contributed by atoms with E-state index >= 15 is 0 Å². The minimum Gasteiger partial charge on any atom is -0.314 e. The van der Waals surface area contributed by atoms with E-state index in [0.29, 0.717) is 12.0 Å². The first-order valence-electron chi connectivity index (χ1n) is 7.12. The molecule has 1 aromatic carbocycles. The van der Waals surface area contributed by atoms with E-state index in [1.54, 1.807) is 0 Å². The van der Waals surface area contributed by atoms with Crippen LogP contribution in [0.4, 0.5) is 0 Å². The standard InChI is InChI=1S/C16H26BrN/c1-4-5-6-7-15(12-18-13(2)3)14-8-10-16(17)11-9-14/h8-11,13,15,18H,4-7,12H2,1-3H3. The number of hydrogen-bond acceptors (Lipinski definition) is 1. The van der Waals surface area contributed by atoms with Gasteiger partial charge in [-0.15, -0.1) is 0 Å². The first-order valence-corrected chi connectivity index (χ1v) is 7.91. The zero-order valence-corrected chi connectivity index (χ0v) is 13.5. The van der Waals surface area contributed by atoms with Crippen molar-refractivity contribution in [3.05, 3.63) is 34.3 Å². The number of rotatable bonds is 8. The lowest BCUT2D eigenvalue weighted by Crippen LogP contribution is -2.28. The fourth-order valence-corrected chi connectivity index (χ4v) is 2.40. The third-order valence-corrected chi connectivity index (χ3v) is 3.80. The van der Waals surface area contributed by atoms with Crippen molar-refractivity contribution in [3.8, 4) is 0 Å². The van der Waals surface area contributed by atoms with E-state index in [1.807, 2.05) is 0 Å². The van der Waals surface area contributed by atoms with E-state index in [4.69, 9.17) is 0 Å². The molecule has 0 aliphatic carbocycles. The molecule has 0 fully saturated rings. The van der Waals surface area contributed by atoms with Crippen LogP contribution in [-0.2, 0) is 0 Å². The van der Waals surface area contributed by atoms with E-state index in [-0.39, 0.29) is 0 Å². The van der Waals surface area contributed by atoms with Crippen molar-refractivity contribution < 1.29 is 0 Å². The van der Waals surface area contributed by atoms with E-state index < -0.39 is 0 Å². The number of hydrogen-bond donors (Lipinski definition) is 1. The molecule has 2 heteroatoms. The molecule has 1 rings (SSSR count). The van der Waals surface area contributed by atoms with E-state index in [9.17, 15) is 0 Å². The van der Waals surface area contributed by atoms with Crippen molar-refractivity contribution in [1.29, 1.82) is 0 Å². The summed E-state index contributed by atoms with van der Waals surface area (Å²) >= 11 is 3.51. The molecular formula is C16H26BrN. The molecule has 0 radical (unpaired) electrons. The quantitative estimate of drug-likeness (QED) is 0.658. The van der Waals surface area contributed by atoms with Crippen LogP contribution in [0.5, 0.6) is 0 Å². The summed E-state index contributed by atoms with van der Waals surface area (Å²) in [4.78, 5) is 0. The number of nitrogens with one attached hydrogen (secondary N) is 1. The molecule has 0 bridgehead atoms. The highest BCUT2D eigenvalue weighted by atomic mass is 79.9. The lowest BCUT2D eigenvalue weighted by Gasteiger charge is -2.20. The monoisotopic (exact) mass is 311 g/mol. The van der Waals surface area contributed by atoms with Crippen LogP contribution in [0, 0.1) is 0 Å². The van der Waals surface area contributed by atoms with Gasteiger partial charge >= 0.3 is 0 Å². The second-order valence-electron chi connectivity index (χ2n) is 5.31. The third kappa shape index (κ3) is 6.01. The Kier molecular flexibility index (Phi) is 7.60. The van der Waals surface area contributed by atoms with Crippen LogP contribution in [0.3, 0.4) is 0 Å². The van der Waals surface area contributed by atoms with Crippen LogP contribution in [0.2, 0.25) is 0 Å². The summed E-state index contributed by atoms with van der Waals surface area (Å²) in [5.74, 6) is 0.645. The van der Waals surface area contributed by atoms with Crippen LogP contribution in [0.1, 0.15) is 57.9 Å². The molecule has 1 unspecified atom stereocenters. The van der Waals surface area contributed by atoms with Crippen molar-refractivity contribution in [2.45, 2.75) is 58.4 Å². The molecule has 0 amide bonds. The Labute approximate surface area is 120 Å². The molecule has 18 heavy (non-hydrogen) atoms. The maximum atomic E-state index is 3.57. The Balaban J connectivity index is 2.60. The zero-order valence-electron chi connectivity index (χ0n) is 11.9. The topological polar surface area (TPSA) is 12.0 Å². The van der Waals surface area contributed by atoms with Gasteiger partial charge in [-0.2, -0.15) is 0 Å². The summed E-state index contributed by atoms with van der Waals surface area (Å²) in [7, 11) is 0. The normalized spacial score (nSPS) is 12.9. The fourth-order valence-electron chi connectivity index (χ4n) is 2.14. The minimum absolute atomic E-state index is 0.564. The van der Waals surface area contributed by atoms with Crippen LogP contribution in [-0.4, -0.2) is 12.6 Å². The first kappa shape index (κ1) is 15.7. The molecule has 0 saturated heterocycles. The van der Waals surface area contributed by atoms with Gasteiger partial charge in [0.05, 0.1) is 0 Å². The second-order valence-corrected chi connectivity index (χ2v) is 6.22. The van der Waals surface area contributed by atoms with Gasteiger partial charge in [0.2, 0.25) is 0 Å². The van der Waals surface area contributed by atoms with Gasteiger partial charge in [-0.25, -0.2) is 0 Å². The molecule has 0 heterocycles. The predicted molar refractivity (Wildman–Crippen MR) is 84.2 cm³/mol. The van der Waals surface area contributed by atoms with Gasteiger partial charge < -0.3 is 5.32 Å². The number of halogens is 1. The maximum Gasteiger partial charge on any atom is 0.0175 e. The molecular weight excluding hydrogens is 286 g/mol. The van der Waals surface area contributed by atoms with E-state index in [2.05, 4.69) is 66.3 Å². The smallest absolute Gasteiger partial charge is 0.0175 e. The van der Waals surface area contributed by atoms with E-state index in [1.165, 1.54) is 31.2 Å². The molecule has 0 spiro atoms. The molecule has 1 aromatic rings. The van der Waals surface area contributed by atoms with Crippen LogP contribution < -0.4 is 5.32 Å². The summed E-state index contributed by atoms with van der Waals surface area (Å²) in [6.45, 7) is 7.78. The van der Waals surface area contributed by atoms with Gasteiger partial charge in [-0.1, -0.05) is 68.1 Å². The molecule has 1 atom stereocenters. The van der Waals surface area contributed by atoms with Gasteiger partial charge in [0.1, 0.15) is 0 Å². The lowest BCUT2D eigenvalue weighted by molar-refractivity contribution is 0.490. The van der Waals surface area contributed by atoms with Gasteiger partial charge in [-0.3, -0.25) is 0 Å². The predicted octanol–water partition coefficient (Wildman–Crippen LogP) is 5.11. The first-order chi connectivity index (χ1) is 8.63. The molecule has 0 saturated carbocycles.